The zero-order valence-corrected chi connectivity index (χ0v) is 19.6. The van der Waals surface area contributed by atoms with Gasteiger partial charge in [0.1, 0.15) is 23.1 Å². The molecule has 1 aromatic heterocycles. The number of hydrogen-bond donors (Lipinski definition) is 1. The molecule has 1 aliphatic heterocycles. The van der Waals surface area contributed by atoms with Crippen molar-refractivity contribution in [2.24, 2.45) is 5.92 Å². The lowest BCUT2D eigenvalue weighted by atomic mass is 9.94. The van der Waals surface area contributed by atoms with Crippen LogP contribution in [0.4, 0.5) is 4.79 Å². The summed E-state index contributed by atoms with van der Waals surface area (Å²) in [6.07, 6.45) is 1.21. The van der Waals surface area contributed by atoms with Crippen LogP contribution in [0.2, 0.25) is 0 Å². The van der Waals surface area contributed by atoms with Gasteiger partial charge in [0.15, 0.2) is 0 Å². The quantitative estimate of drug-likeness (QED) is 0.696. The lowest BCUT2D eigenvalue weighted by Gasteiger charge is -2.27. The molecule has 0 bridgehead atoms. The number of carbonyl (C=O) groups is 2. The Morgan fingerprint density at radius 1 is 1.25 bits per heavy atom. The van der Waals surface area contributed by atoms with Crippen molar-refractivity contribution in [2.45, 2.75) is 58.6 Å². The van der Waals surface area contributed by atoms with Gasteiger partial charge in [-0.3, -0.25) is 4.90 Å². The molecule has 2 aromatic rings. The lowest BCUT2D eigenvalue weighted by Crippen LogP contribution is -2.43. The maximum absolute atomic E-state index is 12.7. The van der Waals surface area contributed by atoms with Gasteiger partial charge in [-0.15, -0.1) is 0 Å². The number of hydrogen-bond acceptors (Lipinski definition) is 7. The fourth-order valence-electron chi connectivity index (χ4n) is 4.18. The molecule has 174 valence electrons. The number of fused-ring (bicyclic) bond motifs is 1. The lowest BCUT2D eigenvalue weighted by molar-refractivity contribution is -0.145. The van der Waals surface area contributed by atoms with E-state index in [1.54, 1.807) is 34.8 Å². The zero-order valence-electron chi connectivity index (χ0n) is 19.6. The molecule has 1 aromatic carbocycles. The highest BCUT2D eigenvalue weighted by Gasteiger charge is 2.42. The normalized spacial score (nSPS) is 18.6. The summed E-state index contributed by atoms with van der Waals surface area (Å²) in [5, 5.41) is 11.5. The Morgan fingerprint density at radius 3 is 2.59 bits per heavy atom. The number of amides is 1. The second kappa shape index (κ2) is 9.22. The summed E-state index contributed by atoms with van der Waals surface area (Å²) in [6, 6.07) is 4.91. The third-order valence-corrected chi connectivity index (χ3v) is 5.74. The van der Waals surface area contributed by atoms with Crippen molar-refractivity contribution in [1.29, 1.82) is 0 Å². The van der Waals surface area contributed by atoms with E-state index >= 15 is 0 Å². The van der Waals surface area contributed by atoms with Gasteiger partial charge in [-0.1, -0.05) is 0 Å². The van der Waals surface area contributed by atoms with Crippen LogP contribution in [-0.4, -0.2) is 59.5 Å². The average molecular weight is 445 g/mol. The molecule has 0 aliphatic carbocycles. The summed E-state index contributed by atoms with van der Waals surface area (Å²) in [5.41, 5.74) is 1.47. The van der Waals surface area contributed by atoms with Crippen molar-refractivity contribution in [3.8, 4) is 11.5 Å². The Bertz CT molecular complexity index is 1010. The summed E-state index contributed by atoms with van der Waals surface area (Å²) < 4.78 is 15.8. The number of carbonyl (C=O) groups excluding carboxylic acids is 2. The molecular weight excluding hydrogens is 412 g/mol. The minimum Gasteiger partial charge on any atom is -0.506 e. The molecule has 2 atom stereocenters. The van der Waals surface area contributed by atoms with Crippen LogP contribution in [0.5, 0.6) is 11.5 Å². The van der Waals surface area contributed by atoms with Gasteiger partial charge in [-0.2, -0.15) is 0 Å². The van der Waals surface area contributed by atoms with Crippen LogP contribution >= 0.6 is 0 Å². The number of aryl methyl sites for hydroxylation is 2. The molecule has 1 amide bonds. The van der Waals surface area contributed by atoms with Crippen LogP contribution in [0, 0.1) is 12.8 Å². The van der Waals surface area contributed by atoms with Crippen LogP contribution < -0.4 is 4.74 Å². The van der Waals surface area contributed by atoms with E-state index < -0.39 is 23.7 Å². The fourth-order valence-corrected chi connectivity index (χ4v) is 4.18. The second-order valence-electron chi connectivity index (χ2n) is 9.22. The first-order chi connectivity index (χ1) is 15.0. The highest BCUT2D eigenvalue weighted by molar-refractivity contribution is 5.86. The summed E-state index contributed by atoms with van der Waals surface area (Å²) in [6.45, 7) is 7.54. The number of aromatic nitrogens is 1. The molecule has 0 spiro atoms. The second-order valence-corrected chi connectivity index (χ2v) is 9.22. The van der Waals surface area contributed by atoms with Gasteiger partial charge in [0.05, 0.1) is 25.4 Å². The van der Waals surface area contributed by atoms with Gasteiger partial charge in [0.2, 0.25) is 0 Å². The third kappa shape index (κ3) is 5.06. The number of benzene rings is 1. The smallest absolute Gasteiger partial charge is 0.411 e. The molecular formula is C24H32N2O6. The number of nitrogens with zero attached hydrogens (tertiary/aromatic N) is 2. The van der Waals surface area contributed by atoms with Crippen LogP contribution in [0.3, 0.4) is 0 Å². The van der Waals surface area contributed by atoms with Crippen LogP contribution in [0.25, 0.3) is 10.9 Å². The van der Waals surface area contributed by atoms with Crippen molar-refractivity contribution in [2.75, 3.05) is 20.8 Å². The van der Waals surface area contributed by atoms with Crippen molar-refractivity contribution >= 4 is 23.0 Å². The van der Waals surface area contributed by atoms with E-state index in [0.29, 0.717) is 37.3 Å². The third-order valence-electron chi connectivity index (χ3n) is 5.74. The molecule has 1 N–H and O–H groups in total. The molecule has 2 unspecified atom stereocenters. The monoisotopic (exact) mass is 444 g/mol. The number of esters is 1. The van der Waals surface area contributed by atoms with Crippen molar-refractivity contribution in [3.05, 3.63) is 29.5 Å². The van der Waals surface area contributed by atoms with Crippen LogP contribution in [0.15, 0.2) is 18.2 Å². The van der Waals surface area contributed by atoms with Crippen molar-refractivity contribution in [3.63, 3.8) is 0 Å². The Hall–Kier alpha value is -3.03. The fraction of sp³-hybridized carbons (Fsp3) is 0.542. The highest BCUT2D eigenvalue weighted by atomic mass is 16.6. The Balaban J connectivity index is 1.82. The van der Waals surface area contributed by atoms with E-state index in [4.69, 9.17) is 14.2 Å². The molecule has 1 saturated heterocycles. The molecule has 0 radical (unpaired) electrons. The number of aromatic hydroxyl groups is 1. The largest absolute Gasteiger partial charge is 0.506 e. The number of likely N-dealkylation sites (tertiary alicyclic amines) is 1. The number of pyridine rings is 1. The maximum atomic E-state index is 12.7. The van der Waals surface area contributed by atoms with Gasteiger partial charge in [-0.05, 0) is 71.1 Å². The highest BCUT2D eigenvalue weighted by Crippen LogP contribution is 2.35. The zero-order chi connectivity index (χ0) is 23.6. The number of rotatable bonds is 5. The van der Waals surface area contributed by atoms with E-state index in [-0.39, 0.29) is 11.7 Å². The molecule has 1 aliphatic rings. The van der Waals surface area contributed by atoms with Crippen molar-refractivity contribution in [1.82, 2.24) is 9.88 Å². The average Bonchev–Trinajstić information content (AvgIpc) is 3.16. The molecule has 0 saturated carbocycles. The van der Waals surface area contributed by atoms with Gasteiger partial charge >= 0.3 is 12.1 Å². The predicted molar refractivity (Wildman–Crippen MR) is 120 cm³/mol. The van der Waals surface area contributed by atoms with Crippen LogP contribution in [0.1, 0.15) is 44.9 Å². The molecule has 2 heterocycles. The molecule has 32 heavy (non-hydrogen) atoms. The Labute approximate surface area is 188 Å². The number of ether oxygens (including phenoxy) is 3. The minimum absolute atomic E-state index is 0.0557. The van der Waals surface area contributed by atoms with Gasteiger partial charge < -0.3 is 19.3 Å². The first-order valence-corrected chi connectivity index (χ1v) is 10.8. The van der Waals surface area contributed by atoms with E-state index in [0.717, 1.165) is 16.5 Å². The number of methoxy groups -OCH3 is 2. The Morgan fingerprint density at radius 2 is 1.97 bits per heavy atom. The summed E-state index contributed by atoms with van der Waals surface area (Å²) in [5.74, 6) is 0.458. The van der Waals surface area contributed by atoms with E-state index in [1.165, 1.54) is 12.0 Å². The first kappa shape index (κ1) is 23.6. The predicted octanol–water partition coefficient (Wildman–Crippen LogP) is 3.99. The Kier molecular flexibility index (Phi) is 6.81. The topological polar surface area (TPSA) is 98.2 Å². The van der Waals surface area contributed by atoms with Gasteiger partial charge in [-0.25, -0.2) is 14.6 Å². The summed E-state index contributed by atoms with van der Waals surface area (Å²) in [4.78, 5) is 30.9. The van der Waals surface area contributed by atoms with E-state index in [2.05, 4.69) is 4.98 Å². The molecule has 8 heteroatoms. The van der Waals surface area contributed by atoms with Crippen molar-refractivity contribution < 1.29 is 28.9 Å². The molecule has 1 fully saturated rings. The molecule has 8 nitrogen and oxygen atoms in total. The SMILES string of the molecule is COC(=O)C1CC(CCc2c(O)c(C)nc3ccc(OC)cc23)CN1C(=O)OC(C)(C)C. The summed E-state index contributed by atoms with van der Waals surface area (Å²) >= 11 is 0. The maximum Gasteiger partial charge on any atom is 0.411 e. The van der Waals surface area contributed by atoms with E-state index in [9.17, 15) is 14.7 Å². The van der Waals surface area contributed by atoms with Gasteiger partial charge in [0, 0.05) is 17.5 Å². The molecule has 3 rings (SSSR count). The van der Waals surface area contributed by atoms with E-state index in [1.807, 2.05) is 18.2 Å². The minimum atomic E-state index is -0.676. The summed E-state index contributed by atoms with van der Waals surface area (Å²) in [7, 11) is 2.92. The van der Waals surface area contributed by atoms with Crippen LogP contribution in [-0.2, 0) is 20.7 Å². The van der Waals surface area contributed by atoms with Gasteiger partial charge in [0.25, 0.3) is 0 Å². The standard InChI is InChI=1S/C24H32N2O6/c1-14-21(27)17(18-12-16(30-5)8-10-19(18)25-14)9-7-15-11-20(22(28)31-6)26(13-15)23(29)32-24(2,3)4/h8,10,12,15,20,27H,7,9,11,13H2,1-6H3. The first-order valence-electron chi connectivity index (χ1n) is 10.8.